The van der Waals surface area contributed by atoms with Crippen molar-refractivity contribution in [2.75, 3.05) is 11.9 Å². The molecule has 0 saturated heterocycles. The summed E-state index contributed by atoms with van der Waals surface area (Å²) in [6.45, 7) is 4.66. The van der Waals surface area contributed by atoms with E-state index in [0.717, 1.165) is 12.1 Å². The average Bonchev–Trinajstić information content (AvgIpc) is 2.16. The van der Waals surface area contributed by atoms with Gasteiger partial charge in [0, 0.05) is 12.2 Å². The van der Waals surface area contributed by atoms with Crippen LogP contribution in [-0.2, 0) is 0 Å². The van der Waals surface area contributed by atoms with Crippen LogP contribution >= 0.6 is 0 Å². The third-order valence-corrected chi connectivity index (χ3v) is 2.06. The molecule has 13 heavy (non-hydrogen) atoms. The normalized spacial score (nSPS) is 12.5. The predicted molar refractivity (Wildman–Crippen MR) is 56.0 cm³/mol. The van der Waals surface area contributed by atoms with E-state index in [1.165, 1.54) is 5.56 Å². The van der Waals surface area contributed by atoms with E-state index in [9.17, 15) is 5.11 Å². The lowest BCUT2D eigenvalue weighted by molar-refractivity contribution is 0.183. The van der Waals surface area contributed by atoms with Gasteiger partial charge in [-0.05, 0) is 25.5 Å². The fourth-order valence-corrected chi connectivity index (χ4v) is 1.05. The summed E-state index contributed by atoms with van der Waals surface area (Å²) in [4.78, 5) is 0. The number of benzene rings is 1. The third-order valence-electron chi connectivity index (χ3n) is 2.06. The number of rotatable bonds is 4. The molecule has 0 spiro atoms. The molecule has 0 saturated carbocycles. The van der Waals surface area contributed by atoms with E-state index >= 15 is 0 Å². The van der Waals surface area contributed by atoms with Crippen molar-refractivity contribution in [3.63, 3.8) is 0 Å². The molecule has 2 N–H and O–H groups in total. The van der Waals surface area contributed by atoms with Crippen molar-refractivity contribution < 1.29 is 5.11 Å². The first-order valence-corrected chi connectivity index (χ1v) is 4.71. The van der Waals surface area contributed by atoms with Gasteiger partial charge in [0.15, 0.2) is 0 Å². The summed E-state index contributed by atoms with van der Waals surface area (Å²) >= 11 is 0. The summed E-state index contributed by atoms with van der Waals surface area (Å²) in [5.74, 6) is 0. The first-order chi connectivity index (χ1) is 6.22. The number of hydrogen-bond donors (Lipinski definition) is 2. The van der Waals surface area contributed by atoms with Crippen LogP contribution in [0.15, 0.2) is 24.3 Å². The van der Waals surface area contributed by atoms with Gasteiger partial charge in [-0.1, -0.05) is 24.6 Å². The average molecular weight is 179 g/mol. The molecule has 0 amide bonds. The van der Waals surface area contributed by atoms with Gasteiger partial charge in [0.05, 0.1) is 6.10 Å². The minimum absolute atomic E-state index is 0.249. The fourth-order valence-electron chi connectivity index (χ4n) is 1.05. The van der Waals surface area contributed by atoms with E-state index in [-0.39, 0.29) is 6.10 Å². The van der Waals surface area contributed by atoms with E-state index < -0.39 is 0 Å². The first kappa shape index (κ1) is 10.1. The van der Waals surface area contributed by atoms with E-state index in [4.69, 9.17) is 0 Å². The van der Waals surface area contributed by atoms with Crippen LogP contribution in [0.4, 0.5) is 5.69 Å². The van der Waals surface area contributed by atoms with Crippen molar-refractivity contribution in [2.24, 2.45) is 0 Å². The summed E-state index contributed by atoms with van der Waals surface area (Å²) < 4.78 is 0. The molecule has 72 valence electrons. The Morgan fingerprint density at radius 3 is 2.46 bits per heavy atom. The van der Waals surface area contributed by atoms with Crippen molar-refractivity contribution >= 4 is 5.69 Å². The Balaban J connectivity index is 2.41. The topological polar surface area (TPSA) is 32.3 Å². The Morgan fingerprint density at radius 1 is 1.31 bits per heavy atom. The summed E-state index contributed by atoms with van der Waals surface area (Å²) in [7, 11) is 0. The van der Waals surface area contributed by atoms with E-state index in [1.807, 2.05) is 19.1 Å². The zero-order chi connectivity index (χ0) is 9.68. The van der Waals surface area contributed by atoms with Gasteiger partial charge in [-0.15, -0.1) is 0 Å². The standard InChI is InChI=1S/C11H17NO/c1-3-11(13)8-12-10-6-4-9(2)5-7-10/h4-7,11-13H,3,8H2,1-2H3/t11-/m1/s1. The molecule has 0 heterocycles. The maximum atomic E-state index is 9.31. The van der Waals surface area contributed by atoms with Crippen molar-refractivity contribution in [2.45, 2.75) is 26.4 Å². The lowest BCUT2D eigenvalue weighted by atomic mass is 10.2. The highest BCUT2D eigenvalue weighted by Gasteiger charge is 1.98. The minimum Gasteiger partial charge on any atom is -0.391 e. The molecule has 0 aromatic heterocycles. The second-order valence-corrected chi connectivity index (χ2v) is 3.31. The molecular formula is C11H17NO. The van der Waals surface area contributed by atoms with Gasteiger partial charge in [-0.3, -0.25) is 0 Å². The van der Waals surface area contributed by atoms with Crippen LogP contribution in [0.5, 0.6) is 0 Å². The quantitative estimate of drug-likeness (QED) is 0.742. The summed E-state index contributed by atoms with van der Waals surface area (Å²) in [5.41, 5.74) is 2.32. The second kappa shape index (κ2) is 4.87. The molecule has 0 unspecified atom stereocenters. The lowest BCUT2D eigenvalue weighted by Crippen LogP contribution is -2.17. The van der Waals surface area contributed by atoms with Crippen molar-refractivity contribution in [1.82, 2.24) is 0 Å². The highest BCUT2D eigenvalue weighted by Crippen LogP contribution is 2.08. The SMILES string of the molecule is CC[C@@H](O)CNc1ccc(C)cc1. The van der Waals surface area contributed by atoms with Crippen LogP contribution in [0.25, 0.3) is 0 Å². The van der Waals surface area contributed by atoms with Gasteiger partial charge in [0.1, 0.15) is 0 Å². The van der Waals surface area contributed by atoms with Crippen LogP contribution < -0.4 is 5.32 Å². The highest BCUT2D eigenvalue weighted by molar-refractivity contribution is 5.44. The predicted octanol–water partition coefficient (Wildman–Crippen LogP) is 2.18. The molecule has 0 aliphatic rings. The third kappa shape index (κ3) is 3.47. The largest absolute Gasteiger partial charge is 0.391 e. The van der Waals surface area contributed by atoms with Crippen molar-refractivity contribution in [3.05, 3.63) is 29.8 Å². The van der Waals surface area contributed by atoms with Crippen LogP contribution in [0.2, 0.25) is 0 Å². The Kier molecular flexibility index (Phi) is 3.77. The number of aliphatic hydroxyl groups excluding tert-OH is 1. The lowest BCUT2D eigenvalue weighted by Gasteiger charge is -2.10. The number of aryl methyl sites for hydroxylation is 1. The zero-order valence-corrected chi connectivity index (χ0v) is 8.25. The number of nitrogens with one attached hydrogen (secondary N) is 1. The second-order valence-electron chi connectivity index (χ2n) is 3.31. The molecule has 2 nitrogen and oxygen atoms in total. The molecule has 1 rings (SSSR count). The molecule has 0 fully saturated rings. The van der Waals surface area contributed by atoms with Gasteiger partial charge in [-0.2, -0.15) is 0 Å². The highest BCUT2D eigenvalue weighted by atomic mass is 16.3. The Bertz CT molecular complexity index is 243. The van der Waals surface area contributed by atoms with Gasteiger partial charge >= 0.3 is 0 Å². The van der Waals surface area contributed by atoms with Crippen LogP contribution in [-0.4, -0.2) is 17.8 Å². The molecule has 2 heteroatoms. The maximum Gasteiger partial charge on any atom is 0.0709 e. The molecule has 0 aliphatic carbocycles. The van der Waals surface area contributed by atoms with E-state index in [1.54, 1.807) is 0 Å². The van der Waals surface area contributed by atoms with Gasteiger partial charge in [0.25, 0.3) is 0 Å². The molecular weight excluding hydrogens is 162 g/mol. The van der Waals surface area contributed by atoms with Crippen LogP contribution in [0, 0.1) is 6.92 Å². The van der Waals surface area contributed by atoms with Crippen LogP contribution in [0.3, 0.4) is 0 Å². The number of anilines is 1. The summed E-state index contributed by atoms with van der Waals surface area (Å²) in [5, 5.41) is 12.5. The molecule has 1 aromatic rings. The summed E-state index contributed by atoms with van der Waals surface area (Å²) in [6.07, 6.45) is 0.542. The van der Waals surface area contributed by atoms with Gasteiger partial charge in [0.2, 0.25) is 0 Å². The Labute approximate surface area is 79.6 Å². The van der Waals surface area contributed by atoms with E-state index in [0.29, 0.717) is 6.54 Å². The number of hydrogen-bond acceptors (Lipinski definition) is 2. The van der Waals surface area contributed by atoms with Crippen molar-refractivity contribution in [1.29, 1.82) is 0 Å². The molecule has 1 aromatic carbocycles. The molecule has 0 bridgehead atoms. The first-order valence-electron chi connectivity index (χ1n) is 4.71. The number of aliphatic hydroxyl groups is 1. The minimum atomic E-state index is -0.249. The van der Waals surface area contributed by atoms with Crippen LogP contribution in [0.1, 0.15) is 18.9 Å². The Hall–Kier alpha value is -1.02. The Morgan fingerprint density at radius 2 is 1.92 bits per heavy atom. The molecule has 1 atom stereocenters. The fraction of sp³-hybridized carbons (Fsp3) is 0.455. The van der Waals surface area contributed by atoms with Gasteiger partial charge < -0.3 is 10.4 Å². The summed E-state index contributed by atoms with van der Waals surface area (Å²) in [6, 6.07) is 8.16. The van der Waals surface area contributed by atoms with Gasteiger partial charge in [-0.25, -0.2) is 0 Å². The van der Waals surface area contributed by atoms with Crippen molar-refractivity contribution in [3.8, 4) is 0 Å². The smallest absolute Gasteiger partial charge is 0.0709 e. The monoisotopic (exact) mass is 179 g/mol. The zero-order valence-electron chi connectivity index (χ0n) is 8.25. The molecule has 0 radical (unpaired) electrons. The maximum absolute atomic E-state index is 9.31. The van der Waals surface area contributed by atoms with E-state index in [2.05, 4.69) is 24.4 Å². The molecule has 0 aliphatic heterocycles.